The number of anilines is 1. The predicted octanol–water partition coefficient (Wildman–Crippen LogP) is 2.12. The zero-order chi connectivity index (χ0) is 14.1. The molecule has 3 rings (SSSR count). The van der Waals surface area contributed by atoms with Crippen LogP contribution < -0.4 is 10.2 Å². The molecule has 1 unspecified atom stereocenters. The molecule has 2 heterocycles. The maximum Gasteiger partial charge on any atom is 0.297 e. The van der Waals surface area contributed by atoms with Gasteiger partial charge in [0.15, 0.2) is 0 Å². The van der Waals surface area contributed by atoms with Gasteiger partial charge in [-0.25, -0.2) is 0 Å². The molecule has 104 valence electrons. The second-order valence-corrected chi connectivity index (χ2v) is 5.16. The standard InChI is InChI=1S/C15H17N3O2/c1-10-7-17-20-14(10)15(19)18-9-11(2)16-8-12-5-3-4-6-13(12)18/h3-7,11,16H,8-9H2,1-2H3. The van der Waals surface area contributed by atoms with Crippen molar-refractivity contribution in [1.29, 1.82) is 0 Å². The highest BCUT2D eigenvalue weighted by Crippen LogP contribution is 2.25. The fourth-order valence-electron chi connectivity index (χ4n) is 2.46. The molecule has 1 aliphatic rings. The number of benzene rings is 1. The van der Waals surface area contributed by atoms with Crippen LogP contribution in [0.25, 0.3) is 0 Å². The topological polar surface area (TPSA) is 58.4 Å². The van der Waals surface area contributed by atoms with Crippen molar-refractivity contribution >= 4 is 11.6 Å². The molecular weight excluding hydrogens is 254 g/mol. The van der Waals surface area contributed by atoms with E-state index in [0.717, 1.165) is 23.4 Å². The highest BCUT2D eigenvalue weighted by molar-refractivity contribution is 6.05. The number of carbonyl (C=O) groups excluding carboxylic acids is 1. The van der Waals surface area contributed by atoms with Crippen molar-refractivity contribution in [2.75, 3.05) is 11.4 Å². The van der Waals surface area contributed by atoms with Crippen LogP contribution in [0.15, 0.2) is 35.0 Å². The first-order valence-electron chi connectivity index (χ1n) is 6.71. The van der Waals surface area contributed by atoms with Crippen LogP contribution in [0.4, 0.5) is 5.69 Å². The van der Waals surface area contributed by atoms with Crippen LogP contribution in [0.1, 0.15) is 28.6 Å². The summed E-state index contributed by atoms with van der Waals surface area (Å²) in [5, 5.41) is 7.10. The average Bonchev–Trinajstić information content (AvgIpc) is 2.80. The number of hydrogen-bond acceptors (Lipinski definition) is 4. The van der Waals surface area contributed by atoms with Gasteiger partial charge >= 0.3 is 0 Å². The Morgan fingerprint density at radius 1 is 1.45 bits per heavy atom. The van der Waals surface area contributed by atoms with E-state index in [4.69, 9.17) is 4.52 Å². The summed E-state index contributed by atoms with van der Waals surface area (Å²) in [6.45, 7) is 5.26. The number of nitrogens with zero attached hydrogens (tertiary/aromatic N) is 2. The molecule has 1 aromatic heterocycles. The molecule has 1 N–H and O–H groups in total. The molecule has 0 fully saturated rings. The average molecular weight is 271 g/mol. The smallest absolute Gasteiger partial charge is 0.297 e. The first kappa shape index (κ1) is 12.9. The Bertz CT molecular complexity index is 636. The summed E-state index contributed by atoms with van der Waals surface area (Å²) < 4.78 is 5.11. The fraction of sp³-hybridized carbons (Fsp3) is 0.333. The van der Waals surface area contributed by atoms with Crippen molar-refractivity contribution < 1.29 is 9.32 Å². The van der Waals surface area contributed by atoms with Gasteiger partial charge < -0.3 is 14.7 Å². The van der Waals surface area contributed by atoms with Crippen molar-refractivity contribution in [2.24, 2.45) is 0 Å². The van der Waals surface area contributed by atoms with Crippen LogP contribution in [0, 0.1) is 6.92 Å². The molecule has 0 spiro atoms. The summed E-state index contributed by atoms with van der Waals surface area (Å²) in [6, 6.07) is 8.16. The lowest BCUT2D eigenvalue weighted by Crippen LogP contribution is -2.39. The maximum absolute atomic E-state index is 12.7. The van der Waals surface area contributed by atoms with Crippen LogP contribution in [0.3, 0.4) is 0 Å². The Morgan fingerprint density at radius 2 is 2.25 bits per heavy atom. The lowest BCUT2D eigenvalue weighted by Gasteiger charge is -2.23. The van der Waals surface area contributed by atoms with Gasteiger partial charge in [0, 0.05) is 30.4 Å². The molecule has 0 bridgehead atoms. The monoisotopic (exact) mass is 271 g/mol. The van der Waals surface area contributed by atoms with Crippen molar-refractivity contribution in [2.45, 2.75) is 26.4 Å². The van der Waals surface area contributed by atoms with Crippen molar-refractivity contribution in [1.82, 2.24) is 10.5 Å². The van der Waals surface area contributed by atoms with E-state index in [1.807, 2.05) is 31.2 Å². The lowest BCUT2D eigenvalue weighted by atomic mass is 10.1. The van der Waals surface area contributed by atoms with Gasteiger partial charge in [0.25, 0.3) is 5.91 Å². The third-order valence-corrected chi connectivity index (χ3v) is 3.57. The molecule has 5 heteroatoms. The van der Waals surface area contributed by atoms with E-state index in [2.05, 4.69) is 17.4 Å². The lowest BCUT2D eigenvalue weighted by molar-refractivity contribution is 0.0949. The van der Waals surface area contributed by atoms with E-state index in [1.54, 1.807) is 11.1 Å². The van der Waals surface area contributed by atoms with Crippen molar-refractivity contribution in [3.63, 3.8) is 0 Å². The van der Waals surface area contributed by atoms with Gasteiger partial charge in [0.1, 0.15) is 0 Å². The van der Waals surface area contributed by atoms with Gasteiger partial charge in [-0.1, -0.05) is 23.4 Å². The molecule has 2 aromatic rings. The molecule has 0 radical (unpaired) electrons. The number of carbonyl (C=O) groups is 1. The van der Waals surface area contributed by atoms with Crippen LogP contribution in [0.5, 0.6) is 0 Å². The number of fused-ring (bicyclic) bond motifs is 1. The second kappa shape index (κ2) is 5.09. The Hall–Kier alpha value is -2.14. The van der Waals surface area contributed by atoms with Gasteiger partial charge in [0.2, 0.25) is 5.76 Å². The Labute approximate surface area is 117 Å². The summed E-state index contributed by atoms with van der Waals surface area (Å²) >= 11 is 0. The summed E-state index contributed by atoms with van der Waals surface area (Å²) in [7, 11) is 0. The maximum atomic E-state index is 12.7. The number of aromatic nitrogens is 1. The van der Waals surface area contributed by atoms with Gasteiger partial charge in [-0.15, -0.1) is 0 Å². The normalized spacial score (nSPS) is 18.5. The molecule has 0 saturated carbocycles. The molecule has 1 aromatic carbocycles. The number of nitrogens with one attached hydrogen (secondary N) is 1. The van der Waals surface area contributed by atoms with Crippen LogP contribution in [-0.4, -0.2) is 23.7 Å². The molecule has 0 aliphatic carbocycles. The number of para-hydroxylation sites is 1. The first-order chi connectivity index (χ1) is 9.66. The first-order valence-corrected chi connectivity index (χ1v) is 6.71. The third kappa shape index (κ3) is 2.20. The van der Waals surface area contributed by atoms with Gasteiger partial charge in [-0.05, 0) is 25.5 Å². The Balaban J connectivity index is 2.03. The summed E-state index contributed by atoms with van der Waals surface area (Å²) in [4.78, 5) is 14.5. The third-order valence-electron chi connectivity index (χ3n) is 3.57. The van der Waals surface area contributed by atoms with E-state index in [1.165, 1.54) is 0 Å². The summed E-state index contributed by atoms with van der Waals surface area (Å²) in [6.07, 6.45) is 1.57. The minimum absolute atomic E-state index is 0.136. The molecule has 1 atom stereocenters. The van der Waals surface area contributed by atoms with Crippen LogP contribution >= 0.6 is 0 Å². The van der Waals surface area contributed by atoms with E-state index in [-0.39, 0.29) is 11.9 Å². The van der Waals surface area contributed by atoms with Gasteiger partial charge in [0.05, 0.1) is 6.20 Å². The second-order valence-electron chi connectivity index (χ2n) is 5.16. The van der Waals surface area contributed by atoms with Crippen LogP contribution in [-0.2, 0) is 6.54 Å². The molecule has 20 heavy (non-hydrogen) atoms. The summed E-state index contributed by atoms with van der Waals surface area (Å²) in [5.41, 5.74) is 2.81. The minimum atomic E-state index is -0.136. The number of aryl methyl sites for hydroxylation is 1. The number of rotatable bonds is 1. The molecule has 1 amide bonds. The largest absolute Gasteiger partial charge is 0.351 e. The molecular formula is C15H17N3O2. The quantitative estimate of drug-likeness (QED) is 0.863. The zero-order valence-electron chi connectivity index (χ0n) is 11.6. The van der Waals surface area contributed by atoms with Gasteiger partial charge in [-0.3, -0.25) is 4.79 Å². The van der Waals surface area contributed by atoms with E-state index in [0.29, 0.717) is 12.3 Å². The minimum Gasteiger partial charge on any atom is -0.351 e. The van der Waals surface area contributed by atoms with Crippen molar-refractivity contribution in [3.05, 3.63) is 47.3 Å². The van der Waals surface area contributed by atoms with E-state index in [9.17, 15) is 4.79 Å². The highest BCUT2D eigenvalue weighted by Gasteiger charge is 2.27. The highest BCUT2D eigenvalue weighted by atomic mass is 16.5. The molecule has 1 aliphatic heterocycles. The SMILES string of the molecule is Cc1cnoc1C(=O)N1CC(C)NCc2ccccc21. The summed E-state index contributed by atoms with van der Waals surface area (Å²) in [5.74, 6) is 0.178. The zero-order valence-corrected chi connectivity index (χ0v) is 11.6. The number of hydrogen-bond donors (Lipinski definition) is 1. The van der Waals surface area contributed by atoms with E-state index < -0.39 is 0 Å². The number of amides is 1. The Morgan fingerprint density at radius 3 is 3.00 bits per heavy atom. The molecule has 0 saturated heterocycles. The fourth-order valence-corrected chi connectivity index (χ4v) is 2.46. The van der Waals surface area contributed by atoms with E-state index >= 15 is 0 Å². The van der Waals surface area contributed by atoms with Crippen molar-refractivity contribution in [3.8, 4) is 0 Å². The van der Waals surface area contributed by atoms with Crippen LogP contribution in [0.2, 0.25) is 0 Å². The Kier molecular flexibility index (Phi) is 3.28. The molecule has 5 nitrogen and oxygen atoms in total. The predicted molar refractivity (Wildman–Crippen MR) is 75.7 cm³/mol. The van der Waals surface area contributed by atoms with Gasteiger partial charge in [-0.2, -0.15) is 0 Å².